The Morgan fingerprint density at radius 2 is 1.43 bits per heavy atom. The predicted octanol–water partition coefficient (Wildman–Crippen LogP) is 4.45. The Labute approximate surface area is 205 Å². The van der Waals surface area contributed by atoms with Crippen LogP contribution in [0.3, 0.4) is 0 Å². The minimum atomic E-state index is -0.785. The first-order valence-electron chi connectivity index (χ1n) is 12.6. The largest absolute Gasteiger partial charge is 0.481 e. The summed E-state index contributed by atoms with van der Waals surface area (Å²) in [5.74, 6) is -1.34. The zero-order chi connectivity index (χ0) is 24.4. The van der Waals surface area contributed by atoms with E-state index in [0.29, 0.717) is 25.7 Å². The van der Waals surface area contributed by atoms with Crippen molar-refractivity contribution in [3.05, 3.63) is 59.7 Å². The third-order valence-corrected chi connectivity index (χ3v) is 7.84. The van der Waals surface area contributed by atoms with Gasteiger partial charge in [0.1, 0.15) is 6.61 Å². The third-order valence-electron chi connectivity index (χ3n) is 7.84. The summed E-state index contributed by atoms with van der Waals surface area (Å²) >= 11 is 0. The SMILES string of the molecule is O=C(N[C@@H]1CCC[C@H](C(=O)NC2CCC(C(=O)O)C2)C1)OCC1c2ccccc2-c2ccccc21. The number of ether oxygens (including phenoxy) is 1. The molecule has 184 valence electrons. The van der Waals surface area contributed by atoms with Crippen molar-refractivity contribution in [1.82, 2.24) is 10.6 Å². The van der Waals surface area contributed by atoms with E-state index >= 15 is 0 Å². The maximum absolute atomic E-state index is 12.8. The van der Waals surface area contributed by atoms with Gasteiger partial charge in [-0.05, 0) is 60.8 Å². The lowest BCUT2D eigenvalue weighted by Crippen LogP contribution is -2.44. The van der Waals surface area contributed by atoms with Crippen LogP contribution in [0.4, 0.5) is 4.79 Å². The predicted molar refractivity (Wildman–Crippen MR) is 131 cm³/mol. The second kappa shape index (κ2) is 10.1. The monoisotopic (exact) mass is 476 g/mol. The average molecular weight is 477 g/mol. The van der Waals surface area contributed by atoms with Gasteiger partial charge >= 0.3 is 12.1 Å². The van der Waals surface area contributed by atoms with Gasteiger partial charge in [0, 0.05) is 23.9 Å². The van der Waals surface area contributed by atoms with Crippen molar-refractivity contribution in [2.75, 3.05) is 6.61 Å². The first-order chi connectivity index (χ1) is 17.0. The van der Waals surface area contributed by atoms with Crippen LogP contribution in [-0.4, -0.2) is 41.8 Å². The van der Waals surface area contributed by atoms with Crippen LogP contribution in [0, 0.1) is 11.8 Å². The number of benzene rings is 2. The van der Waals surface area contributed by atoms with Crippen molar-refractivity contribution in [3.8, 4) is 11.1 Å². The van der Waals surface area contributed by atoms with Crippen molar-refractivity contribution in [2.24, 2.45) is 11.8 Å². The molecular weight excluding hydrogens is 444 g/mol. The number of carbonyl (C=O) groups is 3. The fraction of sp³-hybridized carbons (Fsp3) is 0.464. The number of hydrogen-bond donors (Lipinski definition) is 3. The molecule has 2 aromatic rings. The minimum absolute atomic E-state index is 0.0130. The molecule has 3 aliphatic carbocycles. The zero-order valence-corrected chi connectivity index (χ0v) is 19.7. The molecule has 0 aliphatic heterocycles. The number of carboxylic acids is 1. The molecule has 2 saturated carbocycles. The Hall–Kier alpha value is -3.35. The quantitative estimate of drug-likeness (QED) is 0.571. The van der Waals surface area contributed by atoms with Gasteiger partial charge in [-0.15, -0.1) is 0 Å². The third kappa shape index (κ3) is 5.04. The van der Waals surface area contributed by atoms with Crippen molar-refractivity contribution >= 4 is 18.0 Å². The van der Waals surface area contributed by atoms with Crippen LogP contribution in [-0.2, 0) is 14.3 Å². The van der Waals surface area contributed by atoms with Crippen LogP contribution < -0.4 is 10.6 Å². The topological polar surface area (TPSA) is 105 Å². The molecule has 2 amide bonds. The van der Waals surface area contributed by atoms with Gasteiger partial charge in [-0.3, -0.25) is 9.59 Å². The van der Waals surface area contributed by atoms with E-state index in [1.54, 1.807) is 0 Å². The summed E-state index contributed by atoms with van der Waals surface area (Å²) in [5.41, 5.74) is 4.73. The first kappa shape index (κ1) is 23.4. The number of alkyl carbamates (subject to hydrolysis) is 1. The molecule has 4 atom stereocenters. The lowest BCUT2D eigenvalue weighted by atomic mass is 9.85. The molecule has 3 N–H and O–H groups in total. The van der Waals surface area contributed by atoms with Crippen molar-refractivity contribution in [2.45, 2.75) is 62.9 Å². The molecule has 0 aromatic heterocycles. The van der Waals surface area contributed by atoms with E-state index in [2.05, 4.69) is 34.9 Å². The Morgan fingerprint density at radius 1 is 0.800 bits per heavy atom. The Balaban J connectivity index is 1.13. The van der Waals surface area contributed by atoms with Crippen LogP contribution >= 0.6 is 0 Å². The van der Waals surface area contributed by atoms with E-state index in [-0.39, 0.29) is 42.4 Å². The number of aliphatic carboxylic acids is 1. The molecule has 35 heavy (non-hydrogen) atoms. The van der Waals surface area contributed by atoms with Gasteiger partial charge in [-0.25, -0.2) is 4.79 Å². The van der Waals surface area contributed by atoms with Gasteiger partial charge in [0.05, 0.1) is 5.92 Å². The number of nitrogens with one attached hydrogen (secondary N) is 2. The lowest BCUT2D eigenvalue weighted by molar-refractivity contribution is -0.141. The molecule has 0 bridgehead atoms. The zero-order valence-electron chi connectivity index (χ0n) is 19.7. The van der Waals surface area contributed by atoms with E-state index in [1.165, 1.54) is 22.3 Å². The van der Waals surface area contributed by atoms with Crippen molar-refractivity contribution < 1.29 is 24.2 Å². The number of carbonyl (C=O) groups excluding carboxylic acids is 2. The molecule has 2 aromatic carbocycles. The Bertz CT molecular complexity index is 1070. The highest BCUT2D eigenvalue weighted by molar-refractivity contribution is 5.80. The molecular formula is C28H32N2O5. The summed E-state index contributed by atoms with van der Waals surface area (Å²) in [6, 6.07) is 16.3. The van der Waals surface area contributed by atoms with Crippen LogP contribution in [0.15, 0.2) is 48.5 Å². The smallest absolute Gasteiger partial charge is 0.407 e. The Morgan fingerprint density at radius 3 is 2.09 bits per heavy atom. The maximum Gasteiger partial charge on any atom is 0.407 e. The van der Waals surface area contributed by atoms with Crippen LogP contribution in [0.1, 0.15) is 62.0 Å². The van der Waals surface area contributed by atoms with Gasteiger partial charge in [0.15, 0.2) is 0 Å². The molecule has 0 radical (unpaired) electrons. The maximum atomic E-state index is 12.8. The summed E-state index contributed by atoms with van der Waals surface area (Å²) in [7, 11) is 0. The molecule has 3 aliphatic rings. The fourth-order valence-electron chi connectivity index (χ4n) is 6.02. The summed E-state index contributed by atoms with van der Waals surface area (Å²) in [6.07, 6.45) is 4.39. The van der Waals surface area contributed by atoms with E-state index in [9.17, 15) is 19.5 Å². The van der Waals surface area contributed by atoms with Crippen molar-refractivity contribution in [1.29, 1.82) is 0 Å². The van der Waals surface area contributed by atoms with Gasteiger partial charge in [-0.1, -0.05) is 55.0 Å². The van der Waals surface area contributed by atoms with E-state index in [1.807, 2.05) is 24.3 Å². The van der Waals surface area contributed by atoms with Gasteiger partial charge < -0.3 is 20.5 Å². The van der Waals surface area contributed by atoms with Gasteiger partial charge in [-0.2, -0.15) is 0 Å². The summed E-state index contributed by atoms with van der Waals surface area (Å²) in [5, 5.41) is 15.2. The van der Waals surface area contributed by atoms with E-state index in [4.69, 9.17) is 4.74 Å². The van der Waals surface area contributed by atoms with Crippen LogP contribution in [0.25, 0.3) is 11.1 Å². The number of hydrogen-bond acceptors (Lipinski definition) is 4. The van der Waals surface area contributed by atoms with Crippen LogP contribution in [0.2, 0.25) is 0 Å². The number of carboxylic acid groups (broad SMARTS) is 1. The second-order valence-electron chi connectivity index (χ2n) is 10.1. The first-order valence-corrected chi connectivity index (χ1v) is 12.6. The second-order valence-corrected chi connectivity index (χ2v) is 10.1. The Kier molecular flexibility index (Phi) is 6.75. The van der Waals surface area contributed by atoms with E-state index in [0.717, 1.165) is 19.3 Å². The standard InChI is InChI=1S/C28H32N2O5/c31-26(29-20-13-12-18(15-20)27(32)33)17-6-5-7-19(14-17)30-28(34)35-16-25-23-10-3-1-8-21(23)22-9-2-4-11-24(22)25/h1-4,8-11,17-20,25H,5-7,12-16H2,(H,29,31)(H,30,34)(H,32,33)/t17-,18?,19+,20?/m0/s1. The molecule has 2 unspecified atom stereocenters. The molecule has 0 saturated heterocycles. The lowest BCUT2D eigenvalue weighted by Gasteiger charge is -2.29. The molecule has 0 spiro atoms. The molecule has 7 heteroatoms. The molecule has 0 heterocycles. The van der Waals surface area contributed by atoms with Crippen molar-refractivity contribution in [3.63, 3.8) is 0 Å². The highest BCUT2D eigenvalue weighted by atomic mass is 16.5. The normalized spacial score (nSPS) is 25.4. The number of rotatable bonds is 6. The van der Waals surface area contributed by atoms with Crippen LogP contribution in [0.5, 0.6) is 0 Å². The summed E-state index contributed by atoms with van der Waals surface area (Å²) < 4.78 is 5.67. The highest BCUT2D eigenvalue weighted by Gasteiger charge is 2.34. The summed E-state index contributed by atoms with van der Waals surface area (Å²) in [6.45, 7) is 0.267. The van der Waals surface area contributed by atoms with E-state index < -0.39 is 12.1 Å². The minimum Gasteiger partial charge on any atom is -0.481 e. The highest BCUT2D eigenvalue weighted by Crippen LogP contribution is 2.44. The number of fused-ring (bicyclic) bond motifs is 3. The molecule has 7 nitrogen and oxygen atoms in total. The number of amides is 2. The summed E-state index contributed by atoms with van der Waals surface area (Å²) in [4.78, 5) is 36.6. The molecule has 5 rings (SSSR count). The average Bonchev–Trinajstić information content (AvgIpc) is 3.46. The fourth-order valence-corrected chi connectivity index (χ4v) is 6.02. The van der Waals surface area contributed by atoms with Gasteiger partial charge in [0.25, 0.3) is 0 Å². The van der Waals surface area contributed by atoms with Gasteiger partial charge in [0.2, 0.25) is 5.91 Å². The molecule has 2 fully saturated rings.